The summed E-state index contributed by atoms with van der Waals surface area (Å²) in [4.78, 5) is 8.17. The summed E-state index contributed by atoms with van der Waals surface area (Å²) in [7, 11) is 1.55. The lowest BCUT2D eigenvalue weighted by atomic mass is 10.0. The zero-order chi connectivity index (χ0) is 11.3. The van der Waals surface area contributed by atoms with Crippen molar-refractivity contribution >= 4 is 5.95 Å². The Hall–Kier alpha value is -1.36. The molecule has 0 aliphatic rings. The number of aromatic nitrogens is 2. The van der Waals surface area contributed by atoms with Crippen LogP contribution in [-0.2, 0) is 0 Å². The summed E-state index contributed by atoms with van der Waals surface area (Å²) in [5.41, 5.74) is -0.396. The predicted octanol–water partition coefficient (Wildman–Crippen LogP) is 1.06. The fourth-order valence-electron chi connectivity index (χ4n) is 1.03. The SMILES string of the molecule is CCC(C)(CO)Nc1nccc(OC)n1. The van der Waals surface area contributed by atoms with Crippen LogP contribution in [0.3, 0.4) is 0 Å². The molecule has 0 spiro atoms. The van der Waals surface area contributed by atoms with Crippen LogP contribution in [0.4, 0.5) is 5.95 Å². The van der Waals surface area contributed by atoms with Crippen molar-refractivity contribution in [2.24, 2.45) is 0 Å². The standard InChI is InChI=1S/C10H17N3O2/c1-4-10(2,7-14)13-9-11-6-5-8(12-9)15-3/h5-6,14H,4,7H2,1-3H3,(H,11,12,13). The average molecular weight is 211 g/mol. The van der Waals surface area contributed by atoms with Crippen molar-refractivity contribution in [3.63, 3.8) is 0 Å². The average Bonchev–Trinajstić information content (AvgIpc) is 2.29. The normalized spacial score (nSPS) is 14.4. The van der Waals surface area contributed by atoms with Gasteiger partial charge in [-0.3, -0.25) is 0 Å². The van der Waals surface area contributed by atoms with E-state index in [2.05, 4.69) is 15.3 Å². The molecule has 5 heteroatoms. The highest BCUT2D eigenvalue weighted by Gasteiger charge is 2.21. The molecule has 0 fully saturated rings. The van der Waals surface area contributed by atoms with E-state index in [9.17, 15) is 5.11 Å². The lowest BCUT2D eigenvalue weighted by Crippen LogP contribution is -2.38. The number of methoxy groups -OCH3 is 1. The topological polar surface area (TPSA) is 67.3 Å². The minimum Gasteiger partial charge on any atom is -0.481 e. The van der Waals surface area contributed by atoms with Crippen molar-refractivity contribution in [2.45, 2.75) is 25.8 Å². The Morgan fingerprint density at radius 1 is 1.60 bits per heavy atom. The Balaban J connectivity index is 2.79. The second-order valence-electron chi connectivity index (χ2n) is 3.62. The van der Waals surface area contributed by atoms with E-state index in [0.29, 0.717) is 11.8 Å². The monoisotopic (exact) mass is 211 g/mol. The molecule has 1 aromatic heterocycles. The minimum absolute atomic E-state index is 0.0318. The summed E-state index contributed by atoms with van der Waals surface area (Å²) in [6.07, 6.45) is 2.39. The van der Waals surface area contributed by atoms with Crippen molar-refractivity contribution in [3.05, 3.63) is 12.3 Å². The van der Waals surface area contributed by atoms with E-state index in [-0.39, 0.29) is 6.61 Å². The molecule has 0 bridgehead atoms. The van der Waals surface area contributed by atoms with Crippen LogP contribution in [0.25, 0.3) is 0 Å². The molecule has 0 aliphatic carbocycles. The van der Waals surface area contributed by atoms with Gasteiger partial charge < -0.3 is 15.2 Å². The summed E-state index contributed by atoms with van der Waals surface area (Å²) in [6.45, 7) is 3.93. The Labute approximate surface area is 89.5 Å². The zero-order valence-electron chi connectivity index (χ0n) is 9.32. The molecule has 1 heterocycles. The summed E-state index contributed by atoms with van der Waals surface area (Å²) >= 11 is 0. The maximum absolute atomic E-state index is 9.22. The Kier molecular flexibility index (Phi) is 3.85. The molecule has 0 saturated carbocycles. The fraction of sp³-hybridized carbons (Fsp3) is 0.600. The highest BCUT2D eigenvalue weighted by molar-refractivity contribution is 5.31. The number of rotatable bonds is 5. The number of hydrogen-bond donors (Lipinski definition) is 2. The molecule has 0 amide bonds. The molecule has 0 radical (unpaired) electrons. The molecular weight excluding hydrogens is 194 g/mol. The minimum atomic E-state index is -0.396. The van der Waals surface area contributed by atoms with E-state index in [1.807, 2.05) is 13.8 Å². The van der Waals surface area contributed by atoms with Gasteiger partial charge in [0.15, 0.2) is 0 Å². The Morgan fingerprint density at radius 3 is 2.87 bits per heavy atom. The third-order valence-corrected chi connectivity index (χ3v) is 2.38. The summed E-state index contributed by atoms with van der Waals surface area (Å²) in [5.74, 6) is 0.969. The first kappa shape index (κ1) is 11.7. The van der Waals surface area contributed by atoms with Gasteiger partial charge in [0.2, 0.25) is 11.8 Å². The number of nitrogens with one attached hydrogen (secondary N) is 1. The first-order valence-corrected chi connectivity index (χ1v) is 4.89. The van der Waals surface area contributed by atoms with Gasteiger partial charge in [0, 0.05) is 12.3 Å². The lowest BCUT2D eigenvalue weighted by Gasteiger charge is -2.27. The largest absolute Gasteiger partial charge is 0.481 e. The van der Waals surface area contributed by atoms with Crippen molar-refractivity contribution in [3.8, 4) is 5.88 Å². The van der Waals surface area contributed by atoms with Crippen LogP contribution in [0.1, 0.15) is 20.3 Å². The van der Waals surface area contributed by atoms with E-state index >= 15 is 0 Å². The van der Waals surface area contributed by atoms with Gasteiger partial charge in [-0.15, -0.1) is 0 Å². The zero-order valence-corrected chi connectivity index (χ0v) is 9.32. The van der Waals surface area contributed by atoms with Crippen molar-refractivity contribution in [1.29, 1.82) is 0 Å². The van der Waals surface area contributed by atoms with Crippen LogP contribution in [0.15, 0.2) is 12.3 Å². The van der Waals surface area contributed by atoms with Crippen molar-refractivity contribution in [1.82, 2.24) is 9.97 Å². The van der Waals surface area contributed by atoms with Crippen molar-refractivity contribution < 1.29 is 9.84 Å². The van der Waals surface area contributed by atoms with Crippen LogP contribution >= 0.6 is 0 Å². The number of hydrogen-bond acceptors (Lipinski definition) is 5. The van der Waals surface area contributed by atoms with Gasteiger partial charge >= 0.3 is 0 Å². The van der Waals surface area contributed by atoms with Gasteiger partial charge in [-0.25, -0.2) is 4.98 Å². The molecule has 1 atom stereocenters. The molecule has 2 N–H and O–H groups in total. The second-order valence-corrected chi connectivity index (χ2v) is 3.62. The van der Waals surface area contributed by atoms with Crippen molar-refractivity contribution in [2.75, 3.05) is 19.0 Å². The number of aliphatic hydroxyl groups excluding tert-OH is 1. The van der Waals surface area contributed by atoms with Crippen LogP contribution in [-0.4, -0.2) is 34.3 Å². The lowest BCUT2D eigenvalue weighted by molar-refractivity contribution is 0.218. The first-order valence-electron chi connectivity index (χ1n) is 4.89. The van der Waals surface area contributed by atoms with Gasteiger partial charge in [-0.2, -0.15) is 4.98 Å². The maximum atomic E-state index is 9.22. The van der Waals surface area contributed by atoms with Gasteiger partial charge in [-0.1, -0.05) is 6.92 Å². The third kappa shape index (κ3) is 3.06. The van der Waals surface area contributed by atoms with E-state index in [4.69, 9.17) is 4.74 Å². The van der Waals surface area contributed by atoms with Crippen LogP contribution in [0.5, 0.6) is 5.88 Å². The summed E-state index contributed by atoms with van der Waals surface area (Å²) < 4.78 is 4.98. The maximum Gasteiger partial charge on any atom is 0.226 e. The third-order valence-electron chi connectivity index (χ3n) is 2.38. The van der Waals surface area contributed by atoms with Gasteiger partial charge in [-0.05, 0) is 13.3 Å². The fourth-order valence-corrected chi connectivity index (χ4v) is 1.03. The number of anilines is 1. The summed E-state index contributed by atoms with van der Waals surface area (Å²) in [6, 6.07) is 1.67. The van der Waals surface area contributed by atoms with Crippen LogP contribution in [0, 0.1) is 0 Å². The molecule has 5 nitrogen and oxygen atoms in total. The van der Waals surface area contributed by atoms with Gasteiger partial charge in [0.1, 0.15) is 0 Å². The van der Waals surface area contributed by atoms with E-state index in [1.165, 1.54) is 0 Å². The molecule has 1 rings (SSSR count). The summed E-state index contributed by atoms with van der Waals surface area (Å²) in [5, 5.41) is 12.3. The Morgan fingerprint density at radius 2 is 2.33 bits per heavy atom. The van der Waals surface area contributed by atoms with Gasteiger partial charge in [0.05, 0.1) is 19.3 Å². The molecule has 0 saturated heterocycles. The van der Waals surface area contributed by atoms with E-state index < -0.39 is 5.54 Å². The predicted molar refractivity (Wildman–Crippen MR) is 58.0 cm³/mol. The molecule has 15 heavy (non-hydrogen) atoms. The second kappa shape index (κ2) is 4.93. The van der Waals surface area contributed by atoms with Crippen LogP contribution < -0.4 is 10.1 Å². The number of nitrogens with zero attached hydrogens (tertiary/aromatic N) is 2. The van der Waals surface area contributed by atoms with E-state index in [0.717, 1.165) is 6.42 Å². The first-order chi connectivity index (χ1) is 7.13. The molecule has 0 aliphatic heterocycles. The smallest absolute Gasteiger partial charge is 0.226 e. The molecule has 84 valence electrons. The quantitative estimate of drug-likeness (QED) is 0.762. The van der Waals surface area contributed by atoms with E-state index in [1.54, 1.807) is 19.4 Å². The highest BCUT2D eigenvalue weighted by atomic mass is 16.5. The Bertz CT molecular complexity index is 313. The highest BCUT2D eigenvalue weighted by Crippen LogP contribution is 2.16. The molecule has 1 aromatic rings. The van der Waals surface area contributed by atoms with Gasteiger partial charge in [0.25, 0.3) is 0 Å². The number of ether oxygens (including phenoxy) is 1. The molecular formula is C10H17N3O2. The number of aliphatic hydroxyl groups is 1. The molecule has 1 unspecified atom stereocenters. The molecule has 0 aromatic carbocycles. The van der Waals surface area contributed by atoms with Crippen LogP contribution in [0.2, 0.25) is 0 Å².